The maximum absolute atomic E-state index is 10.7. The summed E-state index contributed by atoms with van der Waals surface area (Å²) in [6, 6.07) is 0. The molecule has 0 bridgehead atoms. The number of hydrogen-bond donors (Lipinski definition) is 1. The van der Waals surface area contributed by atoms with Gasteiger partial charge in [-0.1, -0.05) is 0 Å². The van der Waals surface area contributed by atoms with E-state index in [1.54, 1.807) is 0 Å². The van der Waals surface area contributed by atoms with Crippen LogP contribution in [0.4, 0.5) is 5.69 Å². The Hall–Kier alpha value is -1.51. The van der Waals surface area contributed by atoms with Gasteiger partial charge in [0.25, 0.3) is 0 Å². The molecule has 1 amide bonds. The molecule has 92 valence electrons. The monoisotopic (exact) mass is 233 g/mol. The maximum atomic E-state index is 10.7. The third-order valence-corrected chi connectivity index (χ3v) is 3.56. The van der Waals surface area contributed by atoms with Gasteiger partial charge in [0.05, 0.1) is 0 Å². The molecule has 1 heterocycles. The summed E-state index contributed by atoms with van der Waals surface area (Å²) in [5.74, 6) is 1.00. The number of amides is 1. The molecule has 17 heavy (non-hydrogen) atoms. The van der Waals surface area contributed by atoms with E-state index in [-0.39, 0.29) is 5.60 Å². The van der Waals surface area contributed by atoms with E-state index in [0.29, 0.717) is 0 Å². The van der Waals surface area contributed by atoms with Crippen LogP contribution in [0.5, 0.6) is 5.75 Å². The highest BCUT2D eigenvalue weighted by molar-refractivity contribution is 5.79. The van der Waals surface area contributed by atoms with Gasteiger partial charge in [0, 0.05) is 17.7 Å². The normalized spacial score (nSPS) is 16.3. The zero-order chi connectivity index (χ0) is 12.8. The molecule has 2 rings (SSSR count). The third-order valence-electron chi connectivity index (χ3n) is 3.56. The molecule has 0 radical (unpaired) electrons. The lowest BCUT2D eigenvalue weighted by molar-refractivity contribution is -0.105. The lowest BCUT2D eigenvalue weighted by atomic mass is 9.92. The van der Waals surface area contributed by atoms with Crippen LogP contribution in [0.3, 0.4) is 0 Å². The summed E-state index contributed by atoms with van der Waals surface area (Å²) >= 11 is 0. The summed E-state index contributed by atoms with van der Waals surface area (Å²) in [6.45, 7) is 10.3. The number of benzene rings is 1. The Morgan fingerprint density at radius 3 is 2.41 bits per heavy atom. The van der Waals surface area contributed by atoms with E-state index >= 15 is 0 Å². The minimum absolute atomic E-state index is 0.149. The zero-order valence-corrected chi connectivity index (χ0v) is 11.1. The molecule has 1 aliphatic heterocycles. The standard InChI is InChI=1S/C14H19NO2/c1-8-9(2)13-11(6-14(4,5)17-13)10(3)12(8)15-7-16/h7H,6H2,1-5H3,(H,15,16). The van der Waals surface area contributed by atoms with Crippen LogP contribution in [0.2, 0.25) is 0 Å². The predicted molar refractivity (Wildman–Crippen MR) is 68.8 cm³/mol. The van der Waals surface area contributed by atoms with Gasteiger partial charge in [-0.2, -0.15) is 0 Å². The van der Waals surface area contributed by atoms with Crippen molar-refractivity contribution in [3.63, 3.8) is 0 Å². The minimum Gasteiger partial charge on any atom is -0.487 e. The molecule has 0 fully saturated rings. The fourth-order valence-corrected chi connectivity index (χ4v) is 2.55. The number of anilines is 1. The molecule has 1 aliphatic rings. The van der Waals surface area contributed by atoms with Gasteiger partial charge in [0.1, 0.15) is 11.4 Å². The fraction of sp³-hybridized carbons (Fsp3) is 0.500. The lowest BCUT2D eigenvalue weighted by Crippen LogP contribution is -2.24. The number of fused-ring (bicyclic) bond motifs is 1. The van der Waals surface area contributed by atoms with Crippen molar-refractivity contribution in [3.8, 4) is 5.75 Å². The van der Waals surface area contributed by atoms with E-state index in [1.807, 2.05) is 20.8 Å². The van der Waals surface area contributed by atoms with Gasteiger partial charge in [-0.05, 0) is 51.3 Å². The van der Waals surface area contributed by atoms with Crippen LogP contribution in [-0.4, -0.2) is 12.0 Å². The minimum atomic E-state index is -0.149. The van der Waals surface area contributed by atoms with Gasteiger partial charge < -0.3 is 10.1 Å². The van der Waals surface area contributed by atoms with Gasteiger partial charge in [0.2, 0.25) is 6.41 Å². The predicted octanol–water partition coefficient (Wildman–Crippen LogP) is 2.89. The molecule has 0 spiro atoms. The highest BCUT2D eigenvalue weighted by atomic mass is 16.5. The smallest absolute Gasteiger partial charge is 0.211 e. The molecule has 0 saturated carbocycles. The maximum Gasteiger partial charge on any atom is 0.211 e. The van der Waals surface area contributed by atoms with Crippen molar-refractivity contribution in [2.45, 2.75) is 46.6 Å². The molecule has 0 saturated heterocycles. The van der Waals surface area contributed by atoms with Crippen LogP contribution in [-0.2, 0) is 11.2 Å². The first-order valence-electron chi connectivity index (χ1n) is 5.89. The first-order valence-corrected chi connectivity index (χ1v) is 5.89. The summed E-state index contributed by atoms with van der Waals surface area (Å²) in [5.41, 5.74) is 5.34. The summed E-state index contributed by atoms with van der Waals surface area (Å²) in [5, 5.41) is 2.81. The SMILES string of the molecule is Cc1c(C)c2c(c(C)c1NC=O)CC(C)(C)O2. The molecule has 0 aromatic heterocycles. The quantitative estimate of drug-likeness (QED) is 0.798. The lowest BCUT2D eigenvalue weighted by Gasteiger charge is -2.18. The van der Waals surface area contributed by atoms with Crippen LogP contribution < -0.4 is 10.1 Å². The van der Waals surface area contributed by atoms with Crippen molar-refractivity contribution in [2.75, 3.05) is 5.32 Å². The highest BCUT2D eigenvalue weighted by Crippen LogP contribution is 2.44. The van der Waals surface area contributed by atoms with E-state index in [4.69, 9.17) is 4.74 Å². The summed E-state index contributed by atoms with van der Waals surface area (Å²) in [6.07, 6.45) is 1.63. The second kappa shape index (κ2) is 3.76. The van der Waals surface area contributed by atoms with Gasteiger partial charge in [-0.15, -0.1) is 0 Å². The topological polar surface area (TPSA) is 38.3 Å². The van der Waals surface area contributed by atoms with Crippen molar-refractivity contribution in [1.29, 1.82) is 0 Å². The average Bonchev–Trinajstić information content (AvgIpc) is 2.58. The van der Waals surface area contributed by atoms with Crippen molar-refractivity contribution >= 4 is 12.1 Å². The molecule has 1 aromatic carbocycles. The molecule has 1 aromatic rings. The number of ether oxygens (including phenoxy) is 1. The number of nitrogens with one attached hydrogen (secondary N) is 1. The Morgan fingerprint density at radius 1 is 1.18 bits per heavy atom. The number of carbonyl (C=O) groups is 1. The van der Waals surface area contributed by atoms with Crippen molar-refractivity contribution < 1.29 is 9.53 Å². The van der Waals surface area contributed by atoms with Gasteiger partial charge in [-0.3, -0.25) is 4.79 Å². The van der Waals surface area contributed by atoms with Crippen molar-refractivity contribution in [3.05, 3.63) is 22.3 Å². The van der Waals surface area contributed by atoms with Crippen LogP contribution >= 0.6 is 0 Å². The van der Waals surface area contributed by atoms with Gasteiger partial charge in [0.15, 0.2) is 0 Å². The highest BCUT2D eigenvalue weighted by Gasteiger charge is 2.34. The van der Waals surface area contributed by atoms with Gasteiger partial charge in [-0.25, -0.2) is 0 Å². The number of hydrogen-bond acceptors (Lipinski definition) is 2. The van der Waals surface area contributed by atoms with E-state index in [1.165, 1.54) is 5.56 Å². The largest absolute Gasteiger partial charge is 0.487 e. The van der Waals surface area contributed by atoms with Crippen molar-refractivity contribution in [1.82, 2.24) is 0 Å². The Balaban J connectivity index is 2.65. The molecule has 1 N–H and O–H groups in total. The number of carbonyl (C=O) groups excluding carboxylic acids is 1. The molecule has 0 aliphatic carbocycles. The average molecular weight is 233 g/mol. The third kappa shape index (κ3) is 1.79. The molecule has 3 nitrogen and oxygen atoms in total. The zero-order valence-electron chi connectivity index (χ0n) is 11.1. The van der Waals surface area contributed by atoms with E-state index in [0.717, 1.165) is 41.0 Å². The van der Waals surface area contributed by atoms with Crippen LogP contribution in [0.25, 0.3) is 0 Å². The Kier molecular flexibility index (Phi) is 2.64. The molecule has 0 unspecified atom stereocenters. The van der Waals surface area contributed by atoms with Crippen molar-refractivity contribution in [2.24, 2.45) is 0 Å². The van der Waals surface area contributed by atoms with E-state index in [2.05, 4.69) is 19.2 Å². The molecule has 3 heteroatoms. The first-order chi connectivity index (χ1) is 7.87. The van der Waals surface area contributed by atoms with E-state index in [9.17, 15) is 4.79 Å². The first kappa shape index (κ1) is 12.0. The Bertz CT molecular complexity index is 490. The molecule has 0 atom stereocenters. The second-order valence-electron chi connectivity index (χ2n) is 5.36. The van der Waals surface area contributed by atoms with Crippen LogP contribution in [0, 0.1) is 20.8 Å². The summed E-state index contributed by atoms with van der Waals surface area (Å²) in [7, 11) is 0. The molecular weight excluding hydrogens is 214 g/mol. The summed E-state index contributed by atoms with van der Waals surface area (Å²) in [4.78, 5) is 10.7. The Labute approximate surface area is 102 Å². The number of rotatable bonds is 2. The second-order valence-corrected chi connectivity index (χ2v) is 5.36. The molecular formula is C14H19NO2. The Morgan fingerprint density at radius 2 is 1.82 bits per heavy atom. The fourth-order valence-electron chi connectivity index (χ4n) is 2.55. The summed E-state index contributed by atoms with van der Waals surface area (Å²) < 4.78 is 6.00. The van der Waals surface area contributed by atoms with E-state index < -0.39 is 0 Å². The van der Waals surface area contributed by atoms with Gasteiger partial charge >= 0.3 is 0 Å². The van der Waals surface area contributed by atoms with Crippen LogP contribution in [0.1, 0.15) is 36.1 Å². The van der Waals surface area contributed by atoms with Crippen LogP contribution in [0.15, 0.2) is 0 Å².